The van der Waals surface area contributed by atoms with Crippen molar-refractivity contribution >= 4 is 6.08 Å². The molecule has 2 atom stereocenters. The molecule has 1 aromatic rings. The summed E-state index contributed by atoms with van der Waals surface area (Å²) in [6.45, 7) is 0. The highest BCUT2D eigenvalue weighted by atomic mass is 16.3. The van der Waals surface area contributed by atoms with E-state index >= 15 is 0 Å². The van der Waals surface area contributed by atoms with E-state index in [9.17, 15) is 5.11 Å². The predicted molar refractivity (Wildman–Crippen MR) is 79.6 cm³/mol. The van der Waals surface area contributed by atoms with Crippen molar-refractivity contribution in [2.45, 2.75) is 38.2 Å². The van der Waals surface area contributed by atoms with Crippen molar-refractivity contribution in [1.29, 1.82) is 0 Å². The zero-order chi connectivity index (χ0) is 13.1. The van der Waals surface area contributed by atoms with Crippen molar-refractivity contribution in [1.82, 2.24) is 0 Å². The Morgan fingerprint density at radius 2 is 1.79 bits per heavy atom. The molecule has 1 fully saturated rings. The highest BCUT2D eigenvalue weighted by molar-refractivity contribution is 5.58. The van der Waals surface area contributed by atoms with Crippen LogP contribution < -0.4 is 0 Å². The molecule has 0 heterocycles. The SMILES string of the molecule is O[C@H]1c2ccccc2C=C[C@H]1/C=C/C1CCCCC1. The second kappa shape index (κ2) is 5.75. The topological polar surface area (TPSA) is 20.2 Å². The summed E-state index contributed by atoms with van der Waals surface area (Å²) in [6.07, 6.45) is 15.2. The van der Waals surface area contributed by atoms with Crippen LogP contribution >= 0.6 is 0 Å². The molecule has 0 radical (unpaired) electrons. The average molecular weight is 254 g/mol. The lowest BCUT2D eigenvalue weighted by Gasteiger charge is -2.24. The van der Waals surface area contributed by atoms with E-state index in [-0.39, 0.29) is 12.0 Å². The summed E-state index contributed by atoms with van der Waals surface area (Å²) in [5.41, 5.74) is 2.21. The van der Waals surface area contributed by atoms with Crippen LogP contribution in [-0.4, -0.2) is 5.11 Å². The summed E-state index contributed by atoms with van der Waals surface area (Å²) in [5.74, 6) is 0.864. The lowest BCUT2D eigenvalue weighted by atomic mass is 9.84. The summed E-state index contributed by atoms with van der Waals surface area (Å²) >= 11 is 0. The van der Waals surface area contributed by atoms with E-state index in [0.717, 1.165) is 17.0 Å². The zero-order valence-corrected chi connectivity index (χ0v) is 11.3. The number of aliphatic hydroxyl groups excluding tert-OH is 1. The molecular formula is C18H22O. The van der Waals surface area contributed by atoms with Crippen LogP contribution in [0.3, 0.4) is 0 Å². The van der Waals surface area contributed by atoms with Gasteiger partial charge in [-0.15, -0.1) is 0 Å². The van der Waals surface area contributed by atoms with Gasteiger partial charge in [-0.2, -0.15) is 0 Å². The quantitative estimate of drug-likeness (QED) is 0.770. The molecule has 2 aliphatic rings. The molecule has 0 amide bonds. The fourth-order valence-electron chi connectivity index (χ4n) is 3.24. The fourth-order valence-corrected chi connectivity index (χ4v) is 3.24. The number of aliphatic hydroxyl groups is 1. The minimum absolute atomic E-state index is 0.136. The van der Waals surface area contributed by atoms with Crippen molar-refractivity contribution < 1.29 is 5.11 Å². The highest BCUT2D eigenvalue weighted by Crippen LogP contribution is 2.33. The van der Waals surface area contributed by atoms with Crippen LogP contribution in [0.15, 0.2) is 42.5 Å². The van der Waals surface area contributed by atoms with Crippen molar-refractivity contribution in [3.05, 3.63) is 53.6 Å². The minimum Gasteiger partial charge on any atom is -0.387 e. The van der Waals surface area contributed by atoms with Gasteiger partial charge in [0.05, 0.1) is 6.10 Å². The van der Waals surface area contributed by atoms with Crippen molar-refractivity contribution in [2.24, 2.45) is 11.8 Å². The molecule has 0 aliphatic heterocycles. The third kappa shape index (κ3) is 2.82. The molecule has 0 unspecified atom stereocenters. The van der Waals surface area contributed by atoms with Crippen LogP contribution in [0.25, 0.3) is 6.08 Å². The van der Waals surface area contributed by atoms with Crippen LogP contribution in [0.2, 0.25) is 0 Å². The maximum atomic E-state index is 10.4. The van der Waals surface area contributed by atoms with Crippen molar-refractivity contribution in [2.75, 3.05) is 0 Å². The molecule has 0 spiro atoms. The third-order valence-electron chi connectivity index (χ3n) is 4.43. The first-order valence-corrected chi connectivity index (χ1v) is 7.48. The van der Waals surface area contributed by atoms with Gasteiger partial charge in [-0.25, -0.2) is 0 Å². The number of rotatable bonds is 2. The maximum absolute atomic E-state index is 10.4. The summed E-state index contributed by atoms with van der Waals surface area (Å²) in [5, 5.41) is 10.4. The van der Waals surface area contributed by atoms with E-state index in [4.69, 9.17) is 0 Å². The van der Waals surface area contributed by atoms with Crippen LogP contribution in [0, 0.1) is 11.8 Å². The van der Waals surface area contributed by atoms with Crippen molar-refractivity contribution in [3.8, 4) is 0 Å². The van der Waals surface area contributed by atoms with Crippen LogP contribution in [0.5, 0.6) is 0 Å². The van der Waals surface area contributed by atoms with Crippen LogP contribution in [0.1, 0.15) is 49.3 Å². The Balaban J connectivity index is 1.71. The zero-order valence-electron chi connectivity index (χ0n) is 11.3. The molecular weight excluding hydrogens is 232 g/mol. The first kappa shape index (κ1) is 12.7. The third-order valence-corrected chi connectivity index (χ3v) is 4.43. The Morgan fingerprint density at radius 1 is 1.00 bits per heavy atom. The molecule has 1 saturated carbocycles. The monoisotopic (exact) mass is 254 g/mol. The molecule has 1 heteroatoms. The van der Waals surface area contributed by atoms with E-state index < -0.39 is 0 Å². The first-order valence-electron chi connectivity index (χ1n) is 7.48. The normalized spacial score (nSPS) is 27.6. The van der Waals surface area contributed by atoms with Crippen molar-refractivity contribution in [3.63, 3.8) is 0 Å². The molecule has 1 aromatic carbocycles. The summed E-state index contributed by atoms with van der Waals surface area (Å²) < 4.78 is 0. The Morgan fingerprint density at radius 3 is 2.63 bits per heavy atom. The summed E-state index contributed by atoms with van der Waals surface area (Å²) in [4.78, 5) is 0. The van der Waals surface area contributed by atoms with Gasteiger partial charge >= 0.3 is 0 Å². The van der Waals surface area contributed by atoms with E-state index in [1.54, 1.807) is 0 Å². The standard InChI is InChI=1S/C18H22O/c19-18-16(11-10-14-6-2-1-3-7-14)13-12-15-8-4-5-9-17(15)18/h4-5,8-14,16,18-19H,1-3,6-7H2/b11-10+/t16-,18-/m1/s1. The fraction of sp³-hybridized carbons (Fsp3) is 0.444. The Bertz CT molecular complexity index is 480. The Kier molecular flexibility index (Phi) is 3.84. The van der Waals surface area contributed by atoms with E-state index in [1.165, 1.54) is 32.1 Å². The molecule has 1 N–H and O–H groups in total. The minimum atomic E-state index is -0.388. The van der Waals surface area contributed by atoms with Gasteiger partial charge < -0.3 is 5.11 Å². The van der Waals surface area contributed by atoms with Gasteiger partial charge in [0.15, 0.2) is 0 Å². The van der Waals surface area contributed by atoms with E-state index in [1.807, 2.05) is 18.2 Å². The molecule has 19 heavy (non-hydrogen) atoms. The predicted octanol–water partition coefficient (Wildman–Crippen LogP) is 4.50. The molecule has 2 aliphatic carbocycles. The van der Waals surface area contributed by atoms with Gasteiger partial charge in [0, 0.05) is 5.92 Å². The van der Waals surface area contributed by atoms with Gasteiger partial charge in [0.25, 0.3) is 0 Å². The van der Waals surface area contributed by atoms with Crippen LogP contribution in [-0.2, 0) is 0 Å². The lowest BCUT2D eigenvalue weighted by Crippen LogP contribution is -2.13. The van der Waals surface area contributed by atoms with E-state index in [0.29, 0.717) is 0 Å². The second-order valence-corrected chi connectivity index (χ2v) is 5.79. The van der Waals surface area contributed by atoms with Gasteiger partial charge in [-0.1, -0.05) is 67.8 Å². The number of hydrogen-bond donors (Lipinski definition) is 1. The highest BCUT2D eigenvalue weighted by Gasteiger charge is 2.22. The molecule has 100 valence electrons. The molecule has 0 aromatic heterocycles. The second-order valence-electron chi connectivity index (χ2n) is 5.79. The first-order chi connectivity index (χ1) is 9.34. The summed E-state index contributed by atoms with van der Waals surface area (Å²) in [7, 11) is 0. The number of allylic oxidation sites excluding steroid dienone is 1. The van der Waals surface area contributed by atoms with Gasteiger partial charge in [0.1, 0.15) is 0 Å². The van der Waals surface area contributed by atoms with Gasteiger partial charge in [-0.3, -0.25) is 0 Å². The Hall–Kier alpha value is -1.34. The van der Waals surface area contributed by atoms with Gasteiger partial charge in [-0.05, 0) is 29.9 Å². The number of benzene rings is 1. The molecule has 3 rings (SSSR count). The lowest BCUT2D eigenvalue weighted by molar-refractivity contribution is 0.149. The van der Waals surface area contributed by atoms with Crippen LogP contribution in [0.4, 0.5) is 0 Å². The smallest absolute Gasteiger partial charge is 0.0893 e. The van der Waals surface area contributed by atoms with Gasteiger partial charge in [0.2, 0.25) is 0 Å². The number of hydrogen-bond acceptors (Lipinski definition) is 1. The van der Waals surface area contributed by atoms with E-state index in [2.05, 4.69) is 30.4 Å². The molecule has 1 nitrogen and oxygen atoms in total. The number of fused-ring (bicyclic) bond motifs is 1. The average Bonchev–Trinajstić information content (AvgIpc) is 2.48. The maximum Gasteiger partial charge on any atom is 0.0893 e. The Labute approximate surface area is 115 Å². The molecule has 0 saturated heterocycles. The summed E-state index contributed by atoms with van der Waals surface area (Å²) in [6, 6.07) is 8.12. The molecule has 0 bridgehead atoms. The largest absolute Gasteiger partial charge is 0.387 e.